The Bertz CT molecular complexity index is 867. The van der Waals surface area contributed by atoms with E-state index in [1.54, 1.807) is 6.08 Å². The molecule has 0 atom stereocenters. The Morgan fingerprint density at radius 3 is 1.79 bits per heavy atom. The van der Waals surface area contributed by atoms with Crippen LogP contribution in [0.2, 0.25) is 39.3 Å². The van der Waals surface area contributed by atoms with Crippen LogP contribution in [0.15, 0.2) is 48.5 Å². The second-order valence-corrected chi connectivity index (χ2v) is 19.5. The number of Topliss-reactive ketones (excluding diaryl/α,β-unsaturated/α-hetero) is 1. The number of carbonyl (C=O) groups excluding carboxylic acids is 1. The monoisotopic (exact) mass is 410 g/mol. The molecule has 0 heterocycles. The molecule has 0 aliphatic carbocycles. The summed E-state index contributed by atoms with van der Waals surface area (Å²) >= 11 is 0. The first-order chi connectivity index (χ1) is 12.9. The van der Waals surface area contributed by atoms with Gasteiger partial charge in [-0.05, 0) is 17.2 Å². The van der Waals surface area contributed by atoms with Crippen molar-refractivity contribution in [2.24, 2.45) is 0 Å². The van der Waals surface area contributed by atoms with Crippen molar-refractivity contribution in [2.45, 2.75) is 45.7 Å². The van der Waals surface area contributed by atoms with E-state index in [-0.39, 0.29) is 5.78 Å². The van der Waals surface area contributed by atoms with Crippen molar-refractivity contribution < 1.29 is 14.7 Å². The lowest BCUT2D eigenvalue weighted by molar-refractivity contribution is -0.131. The summed E-state index contributed by atoms with van der Waals surface area (Å²) in [4.78, 5) is 23.6. The minimum Gasteiger partial charge on any atom is -0.478 e. The number of hydrogen-bond donors (Lipinski definition) is 1. The normalized spacial score (nSPS) is 12.4. The van der Waals surface area contributed by atoms with Crippen molar-refractivity contribution in [1.82, 2.24) is 0 Å². The highest BCUT2D eigenvalue weighted by molar-refractivity contribution is 6.91. The van der Waals surface area contributed by atoms with Gasteiger partial charge in [0.05, 0.1) is 16.1 Å². The number of ketones is 1. The van der Waals surface area contributed by atoms with Gasteiger partial charge in [-0.15, -0.1) is 0 Å². The minimum absolute atomic E-state index is 0.133. The summed E-state index contributed by atoms with van der Waals surface area (Å²) in [6, 6.07) is 14.0. The fraction of sp³-hybridized carbons (Fsp3) is 0.304. The average Bonchev–Trinajstić information content (AvgIpc) is 2.59. The van der Waals surface area contributed by atoms with E-state index in [4.69, 9.17) is 5.11 Å². The summed E-state index contributed by atoms with van der Waals surface area (Å²) < 4.78 is 0. The van der Waals surface area contributed by atoms with Gasteiger partial charge >= 0.3 is 5.97 Å². The van der Waals surface area contributed by atoms with Crippen LogP contribution in [0, 0.1) is 0 Å². The molecule has 0 fully saturated rings. The molecule has 2 rings (SSSR count). The van der Waals surface area contributed by atoms with E-state index in [2.05, 4.69) is 57.5 Å². The minimum atomic E-state index is -1.52. The van der Waals surface area contributed by atoms with Crippen molar-refractivity contribution >= 4 is 44.3 Å². The van der Waals surface area contributed by atoms with Crippen LogP contribution < -0.4 is 10.4 Å². The van der Waals surface area contributed by atoms with Gasteiger partial charge in [-0.2, -0.15) is 0 Å². The molecule has 2 aromatic carbocycles. The molecule has 0 saturated carbocycles. The first kappa shape index (κ1) is 22.0. The van der Waals surface area contributed by atoms with Crippen LogP contribution in [0.3, 0.4) is 0 Å². The lowest BCUT2D eigenvalue weighted by Crippen LogP contribution is -2.45. The molecule has 0 saturated heterocycles. The summed E-state index contributed by atoms with van der Waals surface area (Å²) in [7, 11) is -3.05. The van der Waals surface area contributed by atoms with Gasteiger partial charge in [0.15, 0.2) is 5.78 Å². The molecule has 0 aromatic heterocycles. The summed E-state index contributed by atoms with van der Waals surface area (Å²) in [6.45, 7) is 13.9. The van der Waals surface area contributed by atoms with Crippen molar-refractivity contribution in [1.29, 1.82) is 0 Å². The maximum atomic E-state index is 13.0. The Morgan fingerprint density at radius 2 is 1.36 bits per heavy atom. The van der Waals surface area contributed by atoms with Crippen LogP contribution >= 0.6 is 0 Å². The maximum absolute atomic E-state index is 13.0. The zero-order chi connectivity index (χ0) is 21.1. The molecule has 2 aromatic rings. The number of aliphatic carboxylic acids is 1. The van der Waals surface area contributed by atoms with Crippen LogP contribution in [-0.4, -0.2) is 33.0 Å². The third-order valence-electron chi connectivity index (χ3n) is 4.75. The third kappa shape index (κ3) is 6.14. The Labute approximate surface area is 170 Å². The SMILES string of the molecule is C[Si](C)(C)c1cc(C(=O)Cc2ccc(/C=C/C(=O)O)cc2)cc([Si](C)(C)C)c1. The molecular formula is C23H30O3Si2. The van der Waals surface area contributed by atoms with Crippen molar-refractivity contribution in [2.75, 3.05) is 0 Å². The molecule has 0 radical (unpaired) electrons. The average molecular weight is 411 g/mol. The summed E-state index contributed by atoms with van der Waals surface area (Å²) in [5, 5.41) is 11.4. The van der Waals surface area contributed by atoms with Gasteiger partial charge in [0, 0.05) is 18.1 Å². The van der Waals surface area contributed by atoms with Crippen LogP contribution in [-0.2, 0) is 11.2 Å². The highest BCUT2D eigenvalue weighted by Gasteiger charge is 2.24. The predicted molar refractivity (Wildman–Crippen MR) is 124 cm³/mol. The van der Waals surface area contributed by atoms with E-state index in [0.29, 0.717) is 6.42 Å². The fourth-order valence-electron chi connectivity index (χ4n) is 2.86. The first-order valence-corrected chi connectivity index (χ1v) is 16.6. The highest BCUT2D eigenvalue weighted by Crippen LogP contribution is 2.13. The molecule has 0 spiro atoms. The lowest BCUT2D eigenvalue weighted by atomic mass is 10.0. The number of rotatable bonds is 7. The molecule has 5 heteroatoms. The smallest absolute Gasteiger partial charge is 0.328 e. The topological polar surface area (TPSA) is 54.4 Å². The van der Waals surface area contributed by atoms with Gasteiger partial charge in [0.2, 0.25) is 0 Å². The Hall–Kier alpha value is -2.25. The summed E-state index contributed by atoms with van der Waals surface area (Å²) in [5.41, 5.74) is 2.55. The highest BCUT2D eigenvalue weighted by atomic mass is 28.3. The van der Waals surface area contributed by atoms with E-state index in [1.165, 1.54) is 10.4 Å². The quantitative estimate of drug-likeness (QED) is 0.421. The van der Waals surface area contributed by atoms with Gasteiger partial charge < -0.3 is 5.11 Å². The molecule has 0 aliphatic heterocycles. The van der Waals surface area contributed by atoms with E-state index in [1.807, 2.05) is 24.3 Å². The largest absolute Gasteiger partial charge is 0.478 e. The molecule has 0 aliphatic rings. The van der Waals surface area contributed by atoms with Crippen molar-refractivity contribution in [3.8, 4) is 0 Å². The van der Waals surface area contributed by atoms with Gasteiger partial charge in [-0.3, -0.25) is 4.79 Å². The van der Waals surface area contributed by atoms with Crippen molar-refractivity contribution in [3.63, 3.8) is 0 Å². The maximum Gasteiger partial charge on any atom is 0.328 e. The lowest BCUT2D eigenvalue weighted by Gasteiger charge is -2.24. The van der Waals surface area contributed by atoms with Gasteiger partial charge in [0.25, 0.3) is 0 Å². The van der Waals surface area contributed by atoms with Crippen LogP contribution in [0.1, 0.15) is 21.5 Å². The standard InChI is InChI=1S/C23H30O3Si2/c1-27(2,3)20-14-19(15-21(16-20)28(4,5)6)22(24)13-18-9-7-17(8-10-18)11-12-23(25)26/h7-12,14-16H,13H2,1-6H3,(H,25,26)/b12-11+. The van der Waals surface area contributed by atoms with Gasteiger partial charge in [-0.25, -0.2) is 4.79 Å². The number of carbonyl (C=O) groups is 2. The summed E-state index contributed by atoms with van der Waals surface area (Å²) in [6.07, 6.45) is 3.01. The van der Waals surface area contributed by atoms with E-state index in [9.17, 15) is 9.59 Å². The predicted octanol–water partition coefficient (Wildman–Crippen LogP) is 4.30. The van der Waals surface area contributed by atoms with Crippen LogP contribution in [0.25, 0.3) is 6.08 Å². The Kier molecular flexibility index (Phi) is 6.62. The van der Waals surface area contributed by atoms with Crippen LogP contribution in [0.5, 0.6) is 0 Å². The third-order valence-corrected chi connectivity index (χ3v) is 8.79. The Balaban J connectivity index is 2.29. The number of carboxylic acids is 1. The molecule has 3 nitrogen and oxygen atoms in total. The zero-order valence-corrected chi connectivity index (χ0v) is 19.7. The zero-order valence-electron chi connectivity index (χ0n) is 17.7. The number of carboxylic acid groups (broad SMARTS) is 1. The molecule has 0 amide bonds. The first-order valence-electron chi connectivity index (χ1n) is 9.55. The molecule has 1 N–H and O–H groups in total. The molecule has 0 bridgehead atoms. The van der Waals surface area contributed by atoms with E-state index >= 15 is 0 Å². The van der Waals surface area contributed by atoms with E-state index < -0.39 is 22.1 Å². The van der Waals surface area contributed by atoms with E-state index in [0.717, 1.165) is 22.8 Å². The molecular weight excluding hydrogens is 380 g/mol. The number of benzene rings is 2. The van der Waals surface area contributed by atoms with Gasteiger partial charge in [-0.1, -0.05) is 92.1 Å². The van der Waals surface area contributed by atoms with Crippen LogP contribution in [0.4, 0.5) is 0 Å². The second kappa shape index (κ2) is 8.41. The van der Waals surface area contributed by atoms with Gasteiger partial charge in [0.1, 0.15) is 0 Å². The second-order valence-electron chi connectivity index (χ2n) is 9.31. The molecule has 28 heavy (non-hydrogen) atoms. The molecule has 0 unspecified atom stereocenters. The summed E-state index contributed by atoms with van der Waals surface area (Å²) in [5.74, 6) is -0.840. The number of hydrogen-bond acceptors (Lipinski definition) is 2. The van der Waals surface area contributed by atoms with Crippen molar-refractivity contribution in [3.05, 3.63) is 65.2 Å². The molecule has 148 valence electrons. The Morgan fingerprint density at radius 1 is 0.857 bits per heavy atom. The fourth-order valence-corrected chi connectivity index (χ4v) is 5.35.